The lowest BCUT2D eigenvalue weighted by Gasteiger charge is -2.43. The number of allylic oxidation sites excluding steroid dienone is 2. The number of urea groups is 1. The maximum Gasteiger partial charge on any atom is 0.314 e. The fourth-order valence-corrected chi connectivity index (χ4v) is 9.42. The van der Waals surface area contributed by atoms with Crippen LogP contribution >= 0.6 is 0 Å². The standard InChI is InChI=1S/C32H50N2O2Si/c1-5-6-19-26-33-31(35)34-27-20-11-9-7-8-10-12-21-28-36-37(32(2,3)4,29-22-15-13-16-23-29)30-24-17-14-18-25-30/h7-8,13-18,22-25H,5-6,9-12,19-21,26-28H2,1-4H3,(H2,33,34,35)/b8-7-. The highest BCUT2D eigenvalue weighted by atomic mass is 28.4. The first-order chi connectivity index (χ1) is 17.9. The van der Waals surface area contributed by atoms with Crippen LogP contribution in [0.5, 0.6) is 0 Å². The number of hydrogen-bond donors (Lipinski definition) is 2. The van der Waals surface area contributed by atoms with E-state index in [9.17, 15) is 4.79 Å². The van der Waals surface area contributed by atoms with Gasteiger partial charge in [0.15, 0.2) is 0 Å². The van der Waals surface area contributed by atoms with Crippen LogP contribution in [0.3, 0.4) is 0 Å². The van der Waals surface area contributed by atoms with E-state index >= 15 is 0 Å². The lowest BCUT2D eigenvalue weighted by molar-refractivity contribution is 0.240. The fourth-order valence-electron chi connectivity index (χ4n) is 4.82. The Labute approximate surface area is 227 Å². The van der Waals surface area contributed by atoms with Crippen molar-refractivity contribution in [2.75, 3.05) is 19.7 Å². The third-order valence-corrected chi connectivity index (χ3v) is 11.9. The van der Waals surface area contributed by atoms with Crippen LogP contribution < -0.4 is 21.0 Å². The van der Waals surface area contributed by atoms with E-state index in [4.69, 9.17) is 4.43 Å². The van der Waals surface area contributed by atoms with Gasteiger partial charge in [-0.05, 0) is 60.4 Å². The molecule has 0 saturated carbocycles. The van der Waals surface area contributed by atoms with Gasteiger partial charge in [0.25, 0.3) is 8.32 Å². The normalized spacial score (nSPS) is 12.1. The molecule has 2 aromatic carbocycles. The summed E-state index contributed by atoms with van der Waals surface area (Å²) in [5.41, 5.74) is 0. The molecule has 0 saturated heterocycles. The van der Waals surface area contributed by atoms with E-state index in [1.54, 1.807) is 0 Å². The largest absolute Gasteiger partial charge is 0.407 e. The zero-order chi connectivity index (χ0) is 26.8. The summed E-state index contributed by atoms with van der Waals surface area (Å²) >= 11 is 0. The third-order valence-electron chi connectivity index (χ3n) is 6.82. The van der Waals surface area contributed by atoms with Crippen LogP contribution in [0, 0.1) is 0 Å². The van der Waals surface area contributed by atoms with E-state index in [0.29, 0.717) is 0 Å². The van der Waals surface area contributed by atoms with Crippen molar-refractivity contribution in [3.05, 3.63) is 72.8 Å². The molecule has 0 atom stereocenters. The minimum atomic E-state index is -2.42. The highest BCUT2D eigenvalue weighted by molar-refractivity contribution is 6.99. The van der Waals surface area contributed by atoms with Gasteiger partial charge in [0.2, 0.25) is 0 Å². The molecule has 5 heteroatoms. The molecule has 0 radical (unpaired) electrons. The van der Waals surface area contributed by atoms with Crippen LogP contribution in [0.15, 0.2) is 72.8 Å². The first-order valence-corrected chi connectivity index (χ1v) is 16.2. The molecule has 0 bridgehead atoms. The van der Waals surface area contributed by atoms with E-state index in [0.717, 1.165) is 64.6 Å². The molecule has 0 aliphatic rings. The molecule has 0 aromatic heterocycles. The molecule has 0 fully saturated rings. The van der Waals surface area contributed by atoms with Crippen LogP contribution in [0.1, 0.15) is 85.5 Å². The molecule has 0 aliphatic heterocycles. The summed E-state index contributed by atoms with van der Waals surface area (Å²) in [5.74, 6) is 0. The van der Waals surface area contributed by atoms with Gasteiger partial charge in [-0.3, -0.25) is 0 Å². The topological polar surface area (TPSA) is 50.4 Å². The SMILES string of the molecule is CCCCCNC(=O)NCCCC/C=C\CCCCO[Si](c1ccccc1)(c1ccccc1)C(C)(C)C. The van der Waals surface area contributed by atoms with E-state index in [1.165, 1.54) is 23.2 Å². The molecule has 0 heterocycles. The zero-order valence-corrected chi connectivity index (χ0v) is 24.7. The molecule has 4 nitrogen and oxygen atoms in total. The summed E-state index contributed by atoms with van der Waals surface area (Å²) in [4.78, 5) is 11.7. The van der Waals surface area contributed by atoms with Gasteiger partial charge in [-0.15, -0.1) is 0 Å². The fraction of sp³-hybridized carbons (Fsp3) is 0.531. The summed E-state index contributed by atoms with van der Waals surface area (Å²) in [6.07, 6.45) is 14.4. The highest BCUT2D eigenvalue weighted by Gasteiger charge is 2.49. The number of benzene rings is 2. The Hall–Kier alpha value is -2.37. The molecule has 37 heavy (non-hydrogen) atoms. The minimum absolute atomic E-state index is 0.0280. The molecule has 0 aliphatic carbocycles. The Balaban J connectivity index is 1.71. The van der Waals surface area contributed by atoms with E-state index in [1.807, 2.05) is 0 Å². The number of carbonyl (C=O) groups is 1. The zero-order valence-electron chi connectivity index (χ0n) is 23.7. The van der Waals surface area contributed by atoms with Crippen molar-refractivity contribution in [2.45, 2.75) is 90.5 Å². The second-order valence-corrected chi connectivity index (χ2v) is 15.2. The van der Waals surface area contributed by atoms with E-state index < -0.39 is 8.32 Å². The third kappa shape index (κ3) is 10.5. The molecule has 0 unspecified atom stereocenters. The number of nitrogens with one attached hydrogen (secondary N) is 2. The van der Waals surface area contributed by atoms with Gasteiger partial charge >= 0.3 is 6.03 Å². The maximum atomic E-state index is 11.7. The lowest BCUT2D eigenvalue weighted by Crippen LogP contribution is -2.66. The highest BCUT2D eigenvalue weighted by Crippen LogP contribution is 2.36. The molecule has 2 aromatic rings. The molecule has 0 spiro atoms. The van der Waals surface area contributed by atoms with Gasteiger partial charge in [-0.1, -0.05) is 113 Å². The summed E-state index contributed by atoms with van der Waals surface area (Å²) in [6.45, 7) is 11.5. The summed E-state index contributed by atoms with van der Waals surface area (Å²) in [5, 5.41) is 8.58. The van der Waals surface area contributed by atoms with Crippen molar-refractivity contribution in [1.82, 2.24) is 10.6 Å². The molecular formula is C32H50N2O2Si. The van der Waals surface area contributed by atoms with Gasteiger partial charge < -0.3 is 15.1 Å². The van der Waals surface area contributed by atoms with Crippen LogP contribution in [-0.4, -0.2) is 34.0 Å². The van der Waals surface area contributed by atoms with Crippen molar-refractivity contribution < 1.29 is 9.22 Å². The number of rotatable bonds is 17. The Bertz CT molecular complexity index is 855. The van der Waals surface area contributed by atoms with Crippen LogP contribution in [0.4, 0.5) is 4.79 Å². The number of unbranched alkanes of at least 4 members (excludes halogenated alkanes) is 6. The van der Waals surface area contributed by atoms with Crippen LogP contribution in [0.2, 0.25) is 5.04 Å². The molecule has 204 valence electrons. The predicted octanol–water partition coefficient (Wildman–Crippen LogP) is 6.95. The maximum absolute atomic E-state index is 11.7. The van der Waals surface area contributed by atoms with Gasteiger partial charge in [0.05, 0.1) is 0 Å². The van der Waals surface area contributed by atoms with E-state index in [-0.39, 0.29) is 11.1 Å². The van der Waals surface area contributed by atoms with Crippen LogP contribution in [0.25, 0.3) is 0 Å². The Morgan fingerprint density at radius 1 is 0.757 bits per heavy atom. The Morgan fingerprint density at radius 3 is 1.73 bits per heavy atom. The number of hydrogen-bond acceptors (Lipinski definition) is 2. The number of carbonyl (C=O) groups excluding carboxylic acids is 1. The summed E-state index contributed by atoms with van der Waals surface area (Å²) < 4.78 is 6.97. The smallest absolute Gasteiger partial charge is 0.314 e. The predicted molar refractivity (Wildman–Crippen MR) is 161 cm³/mol. The van der Waals surface area contributed by atoms with Gasteiger partial charge in [0, 0.05) is 19.7 Å². The first-order valence-electron chi connectivity index (χ1n) is 14.3. The summed E-state index contributed by atoms with van der Waals surface area (Å²) in [7, 11) is -2.42. The Kier molecular flexibility index (Phi) is 14.3. The average molecular weight is 523 g/mol. The first kappa shape index (κ1) is 30.8. The Morgan fingerprint density at radius 2 is 1.24 bits per heavy atom. The quantitative estimate of drug-likeness (QED) is 0.134. The van der Waals surface area contributed by atoms with Crippen molar-refractivity contribution in [1.29, 1.82) is 0 Å². The molecule has 2 amide bonds. The van der Waals surface area contributed by atoms with Gasteiger partial charge in [0.1, 0.15) is 0 Å². The molecule has 2 rings (SSSR count). The van der Waals surface area contributed by atoms with Crippen molar-refractivity contribution >= 4 is 24.7 Å². The van der Waals surface area contributed by atoms with Gasteiger partial charge in [-0.25, -0.2) is 4.79 Å². The second-order valence-electron chi connectivity index (χ2n) is 10.9. The van der Waals surface area contributed by atoms with Crippen molar-refractivity contribution in [2.24, 2.45) is 0 Å². The average Bonchev–Trinajstić information content (AvgIpc) is 2.90. The monoisotopic (exact) mass is 522 g/mol. The van der Waals surface area contributed by atoms with Crippen LogP contribution in [-0.2, 0) is 4.43 Å². The lowest BCUT2D eigenvalue weighted by atomic mass is 10.2. The van der Waals surface area contributed by atoms with Crippen molar-refractivity contribution in [3.8, 4) is 0 Å². The summed E-state index contributed by atoms with van der Waals surface area (Å²) in [6, 6.07) is 21.7. The minimum Gasteiger partial charge on any atom is -0.407 e. The number of amides is 2. The van der Waals surface area contributed by atoms with Crippen molar-refractivity contribution in [3.63, 3.8) is 0 Å². The molecular weight excluding hydrogens is 472 g/mol. The van der Waals surface area contributed by atoms with E-state index in [2.05, 4.69) is 111 Å². The van der Waals surface area contributed by atoms with Gasteiger partial charge in [-0.2, -0.15) is 0 Å². The second kappa shape index (κ2) is 17.2. The molecule has 2 N–H and O–H groups in total.